The molecule has 1 aromatic rings. The summed E-state index contributed by atoms with van der Waals surface area (Å²) < 4.78 is 5.43. The van der Waals surface area contributed by atoms with E-state index in [0.717, 1.165) is 12.8 Å². The van der Waals surface area contributed by atoms with E-state index in [9.17, 15) is 4.79 Å². The van der Waals surface area contributed by atoms with Crippen molar-refractivity contribution in [2.45, 2.75) is 31.9 Å². The molecule has 1 aromatic heterocycles. The minimum Gasteiger partial charge on any atom is -0.384 e. The average Bonchev–Trinajstić information content (AvgIpc) is 2.29. The normalized spacial score (nSPS) is 24.3. The van der Waals surface area contributed by atoms with Crippen molar-refractivity contribution in [2.75, 3.05) is 12.3 Å². The Hall–Kier alpha value is -1.62. The summed E-state index contributed by atoms with van der Waals surface area (Å²) in [6.07, 6.45) is 3.45. The number of hydrogen-bond acceptors (Lipinski definition) is 4. The molecule has 0 bridgehead atoms. The zero-order valence-electron chi connectivity index (χ0n) is 9.85. The number of nitrogens with zero attached hydrogens (tertiary/aromatic N) is 1. The number of anilines is 1. The van der Waals surface area contributed by atoms with Crippen LogP contribution in [0, 0.1) is 0 Å². The van der Waals surface area contributed by atoms with Gasteiger partial charge in [0.1, 0.15) is 5.82 Å². The molecule has 2 heterocycles. The van der Waals surface area contributed by atoms with Crippen LogP contribution in [0.25, 0.3) is 0 Å². The van der Waals surface area contributed by atoms with Gasteiger partial charge in [-0.05, 0) is 31.9 Å². The highest BCUT2D eigenvalue weighted by molar-refractivity contribution is 5.94. The Morgan fingerprint density at radius 3 is 3.18 bits per heavy atom. The molecule has 3 N–H and O–H groups in total. The number of nitrogens with two attached hydrogens (primary N) is 1. The minimum atomic E-state index is -0.0989. The van der Waals surface area contributed by atoms with E-state index in [1.807, 2.05) is 6.92 Å². The molecule has 1 saturated heterocycles. The summed E-state index contributed by atoms with van der Waals surface area (Å²) in [4.78, 5) is 15.8. The van der Waals surface area contributed by atoms with Crippen LogP contribution in [0.2, 0.25) is 0 Å². The summed E-state index contributed by atoms with van der Waals surface area (Å²) in [6.45, 7) is 2.72. The van der Waals surface area contributed by atoms with Gasteiger partial charge < -0.3 is 15.8 Å². The highest BCUT2D eigenvalue weighted by Gasteiger charge is 2.21. The summed E-state index contributed by atoms with van der Waals surface area (Å²) in [5, 5.41) is 2.99. The number of carbonyl (C=O) groups excluding carboxylic acids is 1. The van der Waals surface area contributed by atoms with Crippen LogP contribution >= 0.6 is 0 Å². The van der Waals surface area contributed by atoms with Crippen molar-refractivity contribution in [3.05, 3.63) is 23.9 Å². The fourth-order valence-corrected chi connectivity index (χ4v) is 1.99. The van der Waals surface area contributed by atoms with E-state index >= 15 is 0 Å². The van der Waals surface area contributed by atoms with Gasteiger partial charge in [-0.25, -0.2) is 4.98 Å². The Kier molecular flexibility index (Phi) is 3.58. The molecule has 0 spiro atoms. The van der Waals surface area contributed by atoms with Gasteiger partial charge >= 0.3 is 0 Å². The molecular weight excluding hydrogens is 218 g/mol. The van der Waals surface area contributed by atoms with E-state index in [1.165, 1.54) is 6.20 Å². The van der Waals surface area contributed by atoms with Gasteiger partial charge in [-0.3, -0.25) is 4.79 Å². The molecule has 5 heteroatoms. The van der Waals surface area contributed by atoms with E-state index in [2.05, 4.69) is 10.3 Å². The topological polar surface area (TPSA) is 77.2 Å². The molecule has 92 valence electrons. The Balaban J connectivity index is 1.97. The highest BCUT2D eigenvalue weighted by atomic mass is 16.5. The summed E-state index contributed by atoms with van der Waals surface area (Å²) in [5.74, 6) is 0.260. The van der Waals surface area contributed by atoms with Crippen molar-refractivity contribution in [3.8, 4) is 0 Å². The van der Waals surface area contributed by atoms with Crippen LogP contribution < -0.4 is 11.1 Å². The van der Waals surface area contributed by atoms with Gasteiger partial charge in [-0.15, -0.1) is 0 Å². The first-order valence-electron chi connectivity index (χ1n) is 5.79. The lowest BCUT2D eigenvalue weighted by atomic mass is 10.0. The van der Waals surface area contributed by atoms with Crippen molar-refractivity contribution in [2.24, 2.45) is 0 Å². The number of rotatable bonds is 2. The van der Waals surface area contributed by atoms with Crippen LogP contribution in [0.15, 0.2) is 18.3 Å². The summed E-state index contributed by atoms with van der Waals surface area (Å²) in [5.41, 5.74) is 6.09. The van der Waals surface area contributed by atoms with Crippen molar-refractivity contribution in [1.82, 2.24) is 10.3 Å². The maximum Gasteiger partial charge on any atom is 0.251 e. The number of ether oxygens (including phenoxy) is 1. The zero-order chi connectivity index (χ0) is 12.3. The van der Waals surface area contributed by atoms with E-state index in [-0.39, 0.29) is 18.1 Å². The Labute approximate surface area is 100 Å². The van der Waals surface area contributed by atoms with E-state index < -0.39 is 0 Å². The van der Waals surface area contributed by atoms with Crippen LogP contribution in [0.5, 0.6) is 0 Å². The molecule has 17 heavy (non-hydrogen) atoms. The molecule has 1 fully saturated rings. The van der Waals surface area contributed by atoms with Crippen LogP contribution in [0.3, 0.4) is 0 Å². The van der Waals surface area contributed by atoms with Gasteiger partial charge in [-0.2, -0.15) is 0 Å². The number of nitrogen functional groups attached to an aromatic ring is 1. The third kappa shape index (κ3) is 3.17. The number of hydrogen-bond donors (Lipinski definition) is 2. The Bertz CT molecular complexity index is 408. The van der Waals surface area contributed by atoms with Gasteiger partial charge in [-0.1, -0.05) is 0 Å². The maximum atomic E-state index is 11.9. The largest absolute Gasteiger partial charge is 0.384 e. The standard InChI is InChI=1S/C12H17N3O2/c1-8-6-10(3-5-17-8)15-12(16)9-2-4-14-11(13)7-9/h2,4,7-8,10H,3,5-6H2,1H3,(H2,13,14)(H,15,16). The van der Waals surface area contributed by atoms with Gasteiger partial charge in [0.15, 0.2) is 0 Å². The summed E-state index contributed by atoms with van der Waals surface area (Å²) in [7, 11) is 0. The molecule has 1 aliphatic heterocycles. The molecule has 1 aliphatic rings. The second-order valence-electron chi connectivity index (χ2n) is 4.35. The fourth-order valence-electron chi connectivity index (χ4n) is 1.99. The van der Waals surface area contributed by atoms with Crippen molar-refractivity contribution in [3.63, 3.8) is 0 Å². The second kappa shape index (κ2) is 5.14. The minimum absolute atomic E-state index is 0.0989. The third-order valence-corrected chi connectivity index (χ3v) is 2.86. The van der Waals surface area contributed by atoms with Gasteiger partial charge in [0.25, 0.3) is 5.91 Å². The molecule has 2 rings (SSSR count). The number of nitrogens with one attached hydrogen (secondary N) is 1. The smallest absolute Gasteiger partial charge is 0.251 e. The van der Waals surface area contributed by atoms with Gasteiger partial charge in [0.05, 0.1) is 6.10 Å². The van der Waals surface area contributed by atoms with Gasteiger partial charge in [0.2, 0.25) is 0 Å². The number of aromatic nitrogens is 1. The Morgan fingerprint density at radius 1 is 1.65 bits per heavy atom. The molecule has 1 amide bonds. The highest BCUT2D eigenvalue weighted by Crippen LogP contribution is 2.14. The second-order valence-corrected chi connectivity index (χ2v) is 4.35. The lowest BCUT2D eigenvalue weighted by Gasteiger charge is -2.27. The predicted octanol–water partition coefficient (Wildman–Crippen LogP) is 0.961. The maximum absolute atomic E-state index is 11.9. The van der Waals surface area contributed by atoms with Crippen LogP contribution in [0.1, 0.15) is 30.1 Å². The van der Waals surface area contributed by atoms with Crippen molar-refractivity contribution >= 4 is 11.7 Å². The quantitative estimate of drug-likeness (QED) is 0.800. The predicted molar refractivity (Wildman–Crippen MR) is 64.6 cm³/mol. The molecule has 2 atom stereocenters. The molecule has 5 nitrogen and oxygen atoms in total. The van der Waals surface area contributed by atoms with Crippen LogP contribution in [-0.2, 0) is 4.74 Å². The molecule has 0 aliphatic carbocycles. The monoisotopic (exact) mass is 235 g/mol. The molecule has 2 unspecified atom stereocenters. The molecular formula is C12H17N3O2. The van der Waals surface area contributed by atoms with Gasteiger partial charge in [0, 0.05) is 24.4 Å². The van der Waals surface area contributed by atoms with E-state index in [1.54, 1.807) is 12.1 Å². The SMILES string of the molecule is CC1CC(NC(=O)c2ccnc(N)c2)CCO1. The van der Waals surface area contributed by atoms with Crippen LogP contribution in [-0.4, -0.2) is 29.6 Å². The summed E-state index contributed by atoms with van der Waals surface area (Å²) >= 11 is 0. The lowest BCUT2D eigenvalue weighted by Crippen LogP contribution is -2.41. The van der Waals surface area contributed by atoms with Crippen LogP contribution in [0.4, 0.5) is 5.82 Å². The summed E-state index contributed by atoms with van der Waals surface area (Å²) in [6, 6.07) is 3.42. The first-order chi connectivity index (χ1) is 8.15. The molecule has 0 radical (unpaired) electrons. The first kappa shape index (κ1) is 11.9. The van der Waals surface area contributed by atoms with Crippen molar-refractivity contribution < 1.29 is 9.53 Å². The Morgan fingerprint density at radius 2 is 2.47 bits per heavy atom. The first-order valence-corrected chi connectivity index (χ1v) is 5.79. The van der Waals surface area contributed by atoms with E-state index in [0.29, 0.717) is 18.0 Å². The third-order valence-electron chi connectivity index (χ3n) is 2.86. The number of carbonyl (C=O) groups is 1. The average molecular weight is 235 g/mol. The number of amides is 1. The van der Waals surface area contributed by atoms with Crippen molar-refractivity contribution in [1.29, 1.82) is 0 Å². The lowest BCUT2D eigenvalue weighted by molar-refractivity contribution is 0.0136. The molecule has 0 saturated carbocycles. The fraction of sp³-hybridized carbons (Fsp3) is 0.500. The van der Waals surface area contributed by atoms with E-state index in [4.69, 9.17) is 10.5 Å². The molecule has 0 aromatic carbocycles. The number of pyridine rings is 1. The zero-order valence-corrected chi connectivity index (χ0v) is 9.85.